The van der Waals surface area contributed by atoms with E-state index < -0.39 is 0 Å². The third-order valence-electron chi connectivity index (χ3n) is 6.82. The Balaban J connectivity index is 1.91. The van der Waals surface area contributed by atoms with E-state index in [2.05, 4.69) is 66.8 Å². The van der Waals surface area contributed by atoms with E-state index in [4.69, 9.17) is 9.47 Å². The zero-order valence-electron chi connectivity index (χ0n) is 21.1. The molecule has 1 heterocycles. The van der Waals surface area contributed by atoms with Crippen molar-refractivity contribution in [3.05, 3.63) is 58.0 Å². The summed E-state index contributed by atoms with van der Waals surface area (Å²) < 4.78 is 12.7. The molecule has 3 heteroatoms. The van der Waals surface area contributed by atoms with Crippen molar-refractivity contribution in [1.82, 2.24) is 0 Å². The Labute approximate surface area is 194 Å². The summed E-state index contributed by atoms with van der Waals surface area (Å²) in [5, 5.41) is 0. The lowest BCUT2D eigenvalue weighted by atomic mass is 9.76. The number of carbonyl (C=O) groups is 1. The lowest BCUT2D eigenvalue weighted by Crippen LogP contribution is -2.24. The molecule has 1 aromatic rings. The van der Waals surface area contributed by atoms with Gasteiger partial charge in [0.2, 0.25) is 0 Å². The van der Waals surface area contributed by atoms with Gasteiger partial charge in [0.15, 0.2) is 5.78 Å². The van der Waals surface area contributed by atoms with Gasteiger partial charge in [0, 0.05) is 17.8 Å². The molecule has 2 aliphatic rings. The van der Waals surface area contributed by atoms with Crippen LogP contribution in [0.25, 0.3) is 0 Å². The van der Waals surface area contributed by atoms with E-state index in [-0.39, 0.29) is 16.8 Å². The topological polar surface area (TPSA) is 35.5 Å². The number of allylic oxidation sites excluding steroid dienone is 3. The average Bonchev–Trinajstić information content (AvgIpc) is 3.55. The molecule has 0 N–H and O–H groups in total. The first-order valence-electron chi connectivity index (χ1n) is 12.0. The van der Waals surface area contributed by atoms with Crippen LogP contribution in [0.2, 0.25) is 0 Å². The molecule has 1 aliphatic carbocycles. The Kier molecular flexibility index (Phi) is 7.10. The second-order valence-electron chi connectivity index (χ2n) is 10.9. The molecule has 1 fully saturated rings. The van der Waals surface area contributed by atoms with Gasteiger partial charge < -0.3 is 9.47 Å². The largest absolute Gasteiger partial charge is 0.493 e. The SMILES string of the molecule is C=C=C(C)C(C)(C)c1cc2c(cc1C)C(=O)CCCC(C(OC(C)(C)C)=C1CC1)CCO2. The Hall–Kier alpha value is -2.25. The van der Waals surface area contributed by atoms with Crippen molar-refractivity contribution >= 4 is 5.78 Å². The van der Waals surface area contributed by atoms with Crippen LogP contribution in [0.1, 0.15) is 102 Å². The fourth-order valence-corrected chi connectivity index (χ4v) is 4.57. The zero-order valence-corrected chi connectivity index (χ0v) is 21.1. The molecule has 0 saturated heterocycles. The van der Waals surface area contributed by atoms with Crippen LogP contribution in [0.5, 0.6) is 5.75 Å². The molecule has 1 atom stereocenters. The fourth-order valence-electron chi connectivity index (χ4n) is 4.57. The van der Waals surface area contributed by atoms with Gasteiger partial charge in [-0.05, 0) is 101 Å². The summed E-state index contributed by atoms with van der Waals surface area (Å²) in [6, 6.07) is 4.09. The van der Waals surface area contributed by atoms with Crippen molar-refractivity contribution in [2.75, 3.05) is 6.61 Å². The number of hydrogen-bond acceptors (Lipinski definition) is 3. The minimum Gasteiger partial charge on any atom is -0.493 e. The lowest BCUT2D eigenvalue weighted by molar-refractivity contribution is 0.0278. The highest BCUT2D eigenvalue weighted by Crippen LogP contribution is 2.41. The van der Waals surface area contributed by atoms with E-state index in [0.717, 1.165) is 54.6 Å². The number of rotatable bonds is 4. The number of aryl methyl sites for hydroxylation is 1. The Morgan fingerprint density at radius 1 is 1.12 bits per heavy atom. The van der Waals surface area contributed by atoms with Crippen LogP contribution in [0.4, 0.5) is 0 Å². The minimum absolute atomic E-state index is 0.168. The Bertz CT molecular complexity index is 959. The molecule has 174 valence electrons. The predicted molar refractivity (Wildman–Crippen MR) is 131 cm³/mol. The molecule has 1 aromatic carbocycles. The summed E-state index contributed by atoms with van der Waals surface area (Å²) in [5.74, 6) is 2.35. The van der Waals surface area contributed by atoms with Gasteiger partial charge in [-0.25, -0.2) is 0 Å². The molecule has 1 saturated carbocycles. The van der Waals surface area contributed by atoms with Crippen molar-refractivity contribution in [1.29, 1.82) is 0 Å². The highest BCUT2D eigenvalue weighted by atomic mass is 16.5. The molecular formula is C29H40O3. The van der Waals surface area contributed by atoms with Gasteiger partial charge >= 0.3 is 0 Å². The molecule has 1 aliphatic heterocycles. The van der Waals surface area contributed by atoms with E-state index in [0.29, 0.717) is 30.3 Å². The summed E-state index contributed by atoms with van der Waals surface area (Å²) >= 11 is 0. The normalized spacial score (nSPS) is 19.4. The van der Waals surface area contributed by atoms with Crippen molar-refractivity contribution < 1.29 is 14.3 Å². The highest BCUT2D eigenvalue weighted by Gasteiger charge is 2.31. The maximum absolute atomic E-state index is 13.1. The zero-order chi connectivity index (χ0) is 23.7. The van der Waals surface area contributed by atoms with Crippen molar-refractivity contribution in [3.8, 4) is 5.75 Å². The number of Topliss-reactive ketones (excluding diaryl/α,β-unsaturated/α-hetero) is 1. The molecule has 1 unspecified atom stereocenters. The standard InChI is InChI=1S/C29H40O3/c1-9-20(3)29(7,8)24-18-26-23(17-19(24)2)25(30)12-10-11-21(15-16-31-26)27(22-13-14-22)32-28(4,5)6/h17-18,21H,1,10-16H2,2-8H3. The van der Waals surface area contributed by atoms with Crippen LogP contribution in [0.15, 0.2) is 41.3 Å². The number of benzene rings is 1. The quantitative estimate of drug-likeness (QED) is 0.360. The van der Waals surface area contributed by atoms with Crippen LogP contribution in [0, 0.1) is 12.8 Å². The van der Waals surface area contributed by atoms with Crippen LogP contribution in [0.3, 0.4) is 0 Å². The summed E-state index contributed by atoms with van der Waals surface area (Å²) in [4.78, 5) is 13.1. The van der Waals surface area contributed by atoms with Gasteiger partial charge in [-0.15, -0.1) is 5.73 Å². The third-order valence-corrected chi connectivity index (χ3v) is 6.82. The molecule has 0 amide bonds. The molecule has 0 aromatic heterocycles. The first kappa shape index (κ1) is 24.4. The maximum Gasteiger partial charge on any atom is 0.166 e. The van der Waals surface area contributed by atoms with Crippen molar-refractivity contribution in [3.63, 3.8) is 0 Å². The lowest BCUT2D eigenvalue weighted by Gasteiger charge is -2.30. The van der Waals surface area contributed by atoms with E-state index in [1.165, 1.54) is 5.57 Å². The van der Waals surface area contributed by atoms with E-state index in [1.807, 2.05) is 6.07 Å². The molecule has 0 bridgehead atoms. The summed E-state index contributed by atoms with van der Waals surface area (Å²) in [6.45, 7) is 19.2. The first-order valence-corrected chi connectivity index (χ1v) is 12.0. The second kappa shape index (κ2) is 9.32. The number of ether oxygens (including phenoxy) is 2. The van der Waals surface area contributed by atoms with Crippen LogP contribution < -0.4 is 4.74 Å². The smallest absolute Gasteiger partial charge is 0.166 e. The molecule has 0 radical (unpaired) electrons. The summed E-state index contributed by atoms with van der Waals surface area (Å²) in [6.07, 6.45) is 5.56. The van der Waals surface area contributed by atoms with Gasteiger partial charge in [0.05, 0.1) is 17.9 Å². The maximum atomic E-state index is 13.1. The number of ketones is 1. The van der Waals surface area contributed by atoms with Crippen LogP contribution >= 0.6 is 0 Å². The average molecular weight is 437 g/mol. The molecule has 3 nitrogen and oxygen atoms in total. The molecule has 0 spiro atoms. The number of fused-ring (bicyclic) bond motifs is 1. The third kappa shape index (κ3) is 5.56. The molecular weight excluding hydrogens is 396 g/mol. The van der Waals surface area contributed by atoms with Gasteiger partial charge in [-0.3, -0.25) is 4.79 Å². The fraction of sp³-hybridized carbons (Fsp3) is 0.586. The molecule has 3 rings (SSSR count). The highest BCUT2D eigenvalue weighted by molar-refractivity contribution is 5.99. The monoisotopic (exact) mass is 436 g/mol. The van der Waals surface area contributed by atoms with Crippen LogP contribution in [-0.2, 0) is 10.2 Å². The van der Waals surface area contributed by atoms with Gasteiger partial charge in [-0.2, -0.15) is 0 Å². The summed E-state index contributed by atoms with van der Waals surface area (Å²) in [5.41, 5.74) is 8.11. The van der Waals surface area contributed by atoms with Gasteiger partial charge in [0.1, 0.15) is 11.4 Å². The minimum atomic E-state index is -0.227. The summed E-state index contributed by atoms with van der Waals surface area (Å²) in [7, 11) is 0. The van der Waals surface area contributed by atoms with E-state index >= 15 is 0 Å². The van der Waals surface area contributed by atoms with E-state index in [1.54, 1.807) is 0 Å². The van der Waals surface area contributed by atoms with Gasteiger partial charge in [-0.1, -0.05) is 20.4 Å². The second-order valence-corrected chi connectivity index (χ2v) is 10.9. The Morgan fingerprint density at radius 3 is 2.41 bits per heavy atom. The van der Waals surface area contributed by atoms with Gasteiger partial charge in [0.25, 0.3) is 0 Å². The number of hydrogen-bond donors (Lipinski definition) is 0. The number of carbonyl (C=O) groups excluding carboxylic acids is 1. The first-order chi connectivity index (χ1) is 14.9. The predicted octanol–water partition coefficient (Wildman–Crippen LogP) is 7.62. The molecule has 32 heavy (non-hydrogen) atoms. The van der Waals surface area contributed by atoms with Crippen LogP contribution in [-0.4, -0.2) is 18.0 Å². The van der Waals surface area contributed by atoms with Crippen molar-refractivity contribution in [2.24, 2.45) is 5.92 Å². The Morgan fingerprint density at radius 2 is 1.81 bits per heavy atom. The van der Waals surface area contributed by atoms with E-state index in [9.17, 15) is 4.79 Å². The van der Waals surface area contributed by atoms with Crippen molar-refractivity contribution in [2.45, 2.75) is 98.0 Å².